The molecule has 0 aliphatic heterocycles. The quantitative estimate of drug-likeness (QED) is 0.532. The molecule has 0 aliphatic rings. The number of benzene rings is 2. The third-order valence-electron chi connectivity index (χ3n) is 3.63. The summed E-state index contributed by atoms with van der Waals surface area (Å²) in [6, 6.07) is 12.6. The maximum atomic E-state index is 12.4. The predicted octanol–water partition coefficient (Wildman–Crippen LogP) is 5.69. The Bertz CT molecular complexity index is 741. The van der Waals surface area contributed by atoms with Crippen LogP contribution in [0.2, 0.25) is 0 Å². The topological polar surface area (TPSA) is 47.6 Å². The number of hydrogen-bond donors (Lipinski definition) is 1. The molecule has 0 saturated carbocycles. The maximum Gasteiger partial charge on any atom is 0.255 e. The highest BCUT2D eigenvalue weighted by atomic mass is 79.9. The first-order chi connectivity index (χ1) is 12.5. The molecule has 0 saturated heterocycles. The summed E-state index contributed by atoms with van der Waals surface area (Å²) >= 11 is 3.42. The Morgan fingerprint density at radius 1 is 1.19 bits per heavy atom. The Hall–Kier alpha value is -2.27. The van der Waals surface area contributed by atoms with Crippen molar-refractivity contribution in [2.24, 2.45) is 5.92 Å². The van der Waals surface area contributed by atoms with Crippen molar-refractivity contribution in [2.75, 3.05) is 18.5 Å². The highest BCUT2D eigenvalue weighted by molar-refractivity contribution is 9.10. The van der Waals surface area contributed by atoms with E-state index in [0.29, 0.717) is 36.1 Å². The van der Waals surface area contributed by atoms with Crippen LogP contribution < -0.4 is 14.8 Å². The van der Waals surface area contributed by atoms with E-state index in [1.165, 1.54) is 0 Å². The summed E-state index contributed by atoms with van der Waals surface area (Å²) in [5.74, 6) is 1.90. The lowest BCUT2D eigenvalue weighted by atomic mass is 10.1. The first kappa shape index (κ1) is 20.0. The van der Waals surface area contributed by atoms with Crippen molar-refractivity contribution in [2.45, 2.75) is 20.3 Å². The van der Waals surface area contributed by atoms with Gasteiger partial charge in [0.25, 0.3) is 5.91 Å². The van der Waals surface area contributed by atoms with Crippen LogP contribution in [0.15, 0.2) is 59.6 Å². The largest absolute Gasteiger partial charge is 0.494 e. The molecule has 2 aromatic rings. The lowest BCUT2D eigenvalue weighted by molar-refractivity contribution is 0.102. The second kappa shape index (κ2) is 10.0. The van der Waals surface area contributed by atoms with E-state index in [4.69, 9.17) is 9.47 Å². The molecule has 1 amide bonds. The van der Waals surface area contributed by atoms with Crippen LogP contribution >= 0.6 is 15.9 Å². The molecule has 2 rings (SSSR count). The van der Waals surface area contributed by atoms with Crippen molar-refractivity contribution < 1.29 is 14.3 Å². The normalized spacial score (nSPS) is 10.5. The zero-order valence-electron chi connectivity index (χ0n) is 15.1. The molecule has 0 atom stereocenters. The Morgan fingerprint density at radius 2 is 1.92 bits per heavy atom. The molecular formula is C21H24BrNO3. The van der Waals surface area contributed by atoms with Crippen molar-refractivity contribution in [3.63, 3.8) is 0 Å². The van der Waals surface area contributed by atoms with Gasteiger partial charge in [-0.05, 0) is 70.7 Å². The van der Waals surface area contributed by atoms with E-state index in [1.54, 1.807) is 24.3 Å². The SMILES string of the molecule is C=CCOc1ccc(C(=O)Nc2ccc(OCCC(C)C)cc2)cc1Br. The summed E-state index contributed by atoms with van der Waals surface area (Å²) < 4.78 is 11.9. The fourth-order valence-corrected chi connectivity index (χ4v) is 2.65. The van der Waals surface area contributed by atoms with E-state index >= 15 is 0 Å². The van der Waals surface area contributed by atoms with E-state index in [9.17, 15) is 4.79 Å². The molecule has 0 heterocycles. The molecule has 5 heteroatoms. The van der Waals surface area contributed by atoms with Gasteiger partial charge in [0.05, 0.1) is 11.1 Å². The summed E-state index contributed by atoms with van der Waals surface area (Å²) in [7, 11) is 0. The Kier molecular flexibility index (Phi) is 7.73. The molecule has 138 valence electrons. The van der Waals surface area contributed by atoms with Crippen LogP contribution in [0.4, 0.5) is 5.69 Å². The number of amides is 1. The zero-order chi connectivity index (χ0) is 18.9. The van der Waals surface area contributed by atoms with Gasteiger partial charge in [0.15, 0.2) is 0 Å². The van der Waals surface area contributed by atoms with E-state index < -0.39 is 0 Å². The van der Waals surface area contributed by atoms with E-state index in [-0.39, 0.29) is 5.91 Å². The van der Waals surface area contributed by atoms with E-state index in [0.717, 1.165) is 16.6 Å². The van der Waals surface area contributed by atoms with Gasteiger partial charge in [-0.1, -0.05) is 26.5 Å². The number of halogens is 1. The number of ether oxygens (including phenoxy) is 2. The molecular weight excluding hydrogens is 394 g/mol. The van der Waals surface area contributed by atoms with Crippen LogP contribution in [-0.4, -0.2) is 19.1 Å². The minimum absolute atomic E-state index is 0.186. The summed E-state index contributed by atoms with van der Waals surface area (Å²) in [6.45, 7) is 9.05. The lowest BCUT2D eigenvalue weighted by Gasteiger charge is -2.10. The summed E-state index contributed by atoms with van der Waals surface area (Å²) in [4.78, 5) is 12.4. The minimum atomic E-state index is -0.186. The van der Waals surface area contributed by atoms with Crippen molar-refractivity contribution >= 4 is 27.5 Å². The second-order valence-electron chi connectivity index (χ2n) is 6.25. The molecule has 0 bridgehead atoms. The summed E-state index contributed by atoms with van der Waals surface area (Å²) in [6.07, 6.45) is 2.68. The van der Waals surface area contributed by atoms with Gasteiger partial charge >= 0.3 is 0 Å². The first-order valence-corrected chi connectivity index (χ1v) is 9.36. The average molecular weight is 418 g/mol. The highest BCUT2D eigenvalue weighted by Gasteiger charge is 2.10. The van der Waals surface area contributed by atoms with Crippen LogP contribution in [-0.2, 0) is 0 Å². The van der Waals surface area contributed by atoms with Gasteiger partial charge in [-0.15, -0.1) is 0 Å². The molecule has 0 aliphatic carbocycles. The fraction of sp³-hybridized carbons (Fsp3) is 0.286. The molecule has 0 unspecified atom stereocenters. The molecule has 26 heavy (non-hydrogen) atoms. The van der Waals surface area contributed by atoms with Crippen molar-refractivity contribution in [1.82, 2.24) is 0 Å². The smallest absolute Gasteiger partial charge is 0.255 e. The van der Waals surface area contributed by atoms with Crippen LogP contribution in [0.1, 0.15) is 30.6 Å². The monoisotopic (exact) mass is 417 g/mol. The van der Waals surface area contributed by atoms with Crippen molar-refractivity contribution in [3.05, 3.63) is 65.2 Å². The molecule has 0 aromatic heterocycles. The van der Waals surface area contributed by atoms with Gasteiger partial charge in [0.2, 0.25) is 0 Å². The van der Waals surface area contributed by atoms with Gasteiger partial charge in [-0.2, -0.15) is 0 Å². The van der Waals surface area contributed by atoms with E-state index in [1.807, 2.05) is 24.3 Å². The minimum Gasteiger partial charge on any atom is -0.494 e. The predicted molar refractivity (Wildman–Crippen MR) is 109 cm³/mol. The van der Waals surface area contributed by atoms with Crippen LogP contribution in [0.25, 0.3) is 0 Å². The molecule has 1 N–H and O–H groups in total. The zero-order valence-corrected chi connectivity index (χ0v) is 16.7. The van der Waals surface area contributed by atoms with Crippen molar-refractivity contribution in [3.8, 4) is 11.5 Å². The molecule has 0 spiro atoms. The number of anilines is 1. The fourth-order valence-electron chi connectivity index (χ4n) is 2.16. The summed E-state index contributed by atoms with van der Waals surface area (Å²) in [5.41, 5.74) is 1.26. The number of nitrogens with one attached hydrogen (secondary N) is 1. The van der Waals surface area contributed by atoms with Gasteiger partial charge in [-0.3, -0.25) is 4.79 Å². The van der Waals surface area contributed by atoms with E-state index in [2.05, 4.69) is 41.7 Å². The van der Waals surface area contributed by atoms with Gasteiger partial charge in [0.1, 0.15) is 18.1 Å². The van der Waals surface area contributed by atoms with Crippen LogP contribution in [0, 0.1) is 5.92 Å². The Balaban J connectivity index is 1.94. The number of carbonyl (C=O) groups is 1. The van der Waals surface area contributed by atoms with Crippen LogP contribution in [0.5, 0.6) is 11.5 Å². The summed E-state index contributed by atoms with van der Waals surface area (Å²) in [5, 5.41) is 2.88. The molecule has 4 nitrogen and oxygen atoms in total. The number of carbonyl (C=O) groups excluding carboxylic acids is 1. The lowest BCUT2D eigenvalue weighted by Crippen LogP contribution is -2.12. The highest BCUT2D eigenvalue weighted by Crippen LogP contribution is 2.26. The second-order valence-corrected chi connectivity index (χ2v) is 7.11. The van der Waals surface area contributed by atoms with Crippen LogP contribution in [0.3, 0.4) is 0 Å². The molecule has 0 fully saturated rings. The Labute approximate surface area is 163 Å². The van der Waals surface area contributed by atoms with Gasteiger partial charge in [-0.25, -0.2) is 0 Å². The first-order valence-electron chi connectivity index (χ1n) is 8.57. The van der Waals surface area contributed by atoms with Gasteiger partial charge < -0.3 is 14.8 Å². The average Bonchev–Trinajstić information content (AvgIpc) is 2.62. The Morgan fingerprint density at radius 3 is 2.54 bits per heavy atom. The standard InChI is InChI=1S/C21H24BrNO3/c1-4-12-26-20-10-5-16(14-19(20)22)21(24)23-17-6-8-18(9-7-17)25-13-11-15(2)3/h4-10,14-15H,1,11-13H2,2-3H3,(H,23,24). The third-order valence-corrected chi connectivity index (χ3v) is 4.25. The van der Waals surface area contributed by atoms with Gasteiger partial charge in [0, 0.05) is 11.3 Å². The molecule has 2 aromatic carbocycles. The number of hydrogen-bond acceptors (Lipinski definition) is 3. The third kappa shape index (κ3) is 6.23. The van der Waals surface area contributed by atoms with Crippen molar-refractivity contribution in [1.29, 1.82) is 0 Å². The number of rotatable bonds is 9. The maximum absolute atomic E-state index is 12.4. The molecule has 0 radical (unpaired) electrons.